The highest BCUT2D eigenvalue weighted by molar-refractivity contribution is 7.17. The zero-order valence-corrected chi connectivity index (χ0v) is 21.0. The lowest BCUT2D eigenvalue weighted by molar-refractivity contribution is -0.143. The van der Waals surface area contributed by atoms with Crippen LogP contribution in [0.25, 0.3) is 10.6 Å². The maximum atomic E-state index is 14.3. The van der Waals surface area contributed by atoms with E-state index in [9.17, 15) is 22.4 Å². The second-order valence-corrected chi connectivity index (χ2v) is 10.4. The topological polar surface area (TPSA) is 59.4 Å². The normalized spacial score (nSPS) is 20.5. The summed E-state index contributed by atoms with van der Waals surface area (Å²) in [6.45, 7) is 0. The Hall–Kier alpha value is -2.92. The molecule has 3 aromatic rings. The van der Waals surface area contributed by atoms with Crippen LogP contribution in [0.15, 0.2) is 42.5 Å². The summed E-state index contributed by atoms with van der Waals surface area (Å²) in [5.74, 6) is -0.210. The molecule has 1 amide bonds. The predicted molar refractivity (Wildman–Crippen MR) is 129 cm³/mol. The van der Waals surface area contributed by atoms with E-state index in [4.69, 9.17) is 4.74 Å². The molecule has 1 N–H and O–H groups in total. The third kappa shape index (κ3) is 5.73. The van der Waals surface area contributed by atoms with Crippen molar-refractivity contribution < 1.29 is 27.1 Å². The van der Waals surface area contributed by atoms with Crippen LogP contribution in [0.3, 0.4) is 0 Å². The minimum absolute atomic E-state index is 0.0873. The van der Waals surface area contributed by atoms with Crippen molar-refractivity contribution in [3.8, 4) is 15.6 Å². The number of carbonyl (C=O) groups excluding carboxylic acids is 1. The molecule has 0 unspecified atom stereocenters. The molecule has 0 bridgehead atoms. The molecule has 0 saturated heterocycles. The van der Waals surface area contributed by atoms with Crippen LogP contribution in [0, 0.1) is 5.82 Å². The van der Waals surface area contributed by atoms with Gasteiger partial charge in [-0.05, 0) is 76.0 Å². The molecule has 0 atom stereocenters. The molecule has 36 heavy (non-hydrogen) atoms. The smallest absolute Gasteiger partial charge is 0.399 e. The van der Waals surface area contributed by atoms with Gasteiger partial charge in [0.05, 0.1) is 4.88 Å². The molecule has 4 rings (SSSR count). The van der Waals surface area contributed by atoms with Gasteiger partial charge in [-0.15, -0.1) is 0 Å². The van der Waals surface area contributed by atoms with Gasteiger partial charge in [-0.1, -0.05) is 29.5 Å². The van der Waals surface area contributed by atoms with Crippen LogP contribution in [0.2, 0.25) is 0 Å². The number of benzene rings is 1. The average Bonchev–Trinajstić information content (AvgIpc) is 3.43. The Balaban J connectivity index is 1.34. The maximum Gasteiger partial charge on any atom is 0.433 e. The average molecular weight is 525 g/mol. The summed E-state index contributed by atoms with van der Waals surface area (Å²) in [5, 5.41) is 7.07. The molecule has 194 valence electrons. The lowest BCUT2D eigenvalue weighted by Crippen LogP contribution is -2.52. The van der Waals surface area contributed by atoms with Crippen molar-refractivity contribution in [1.29, 1.82) is 0 Å². The van der Waals surface area contributed by atoms with Gasteiger partial charge in [0.15, 0.2) is 5.06 Å². The van der Waals surface area contributed by atoms with Crippen molar-refractivity contribution in [2.75, 3.05) is 14.1 Å². The van der Waals surface area contributed by atoms with Crippen molar-refractivity contribution in [3.05, 3.63) is 59.5 Å². The number of nitrogens with one attached hydrogen (secondary N) is 1. The molecular weight excluding hydrogens is 496 g/mol. The van der Waals surface area contributed by atoms with E-state index in [-0.39, 0.29) is 28.2 Å². The van der Waals surface area contributed by atoms with Gasteiger partial charge in [0.25, 0.3) is 0 Å². The lowest BCUT2D eigenvalue weighted by atomic mass is 9.75. The Kier molecular flexibility index (Phi) is 7.42. The SMILES string of the molecule is CN(C)C1(Cc2ccccc2F)CCC(NC(=O)Oc2ccc(-c3cc(C(F)(F)F)n(C)n3)s2)CC1. The molecule has 1 saturated carbocycles. The fourth-order valence-corrected chi connectivity index (χ4v) is 5.54. The van der Waals surface area contributed by atoms with E-state index >= 15 is 0 Å². The van der Waals surface area contributed by atoms with Crippen molar-refractivity contribution in [2.24, 2.45) is 7.05 Å². The van der Waals surface area contributed by atoms with Crippen molar-refractivity contribution in [1.82, 2.24) is 20.0 Å². The minimum Gasteiger partial charge on any atom is -0.399 e. The van der Waals surface area contributed by atoms with Crippen LogP contribution >= 0.6 is 11.3 Å². The molecule has 1 fully saturated rings. The fraction of sp³-hybridized carbons (Fsp3) is 0.440. The number of hydrogen-bond donors (Lipinski definition) is 1. The van der Waals surface area contributed by atoms with Crippen LogP contribution in [0.5, 0.6) is 5.06 Å². The first-order chi connectivity index (χ1) is 17.0. The second-order valence-electron chi connectivity index (χ2n) is 9.35. The van der Waals surface area contributed by atoms with Gasteiger partial charge in [0.1, 0.15) is 17.2 Å². The van der Waals surface area contributed by atoms with Gasteiger partial charge in [-0.25, -0.2) is 9.18 Å². The first-order valence-corrected chi connectivity index (χ1v) is 12.4. The van der Waals surface area contributed by atoms with Gasteiger partial charge < -0.3 is 15.0 Å². The van der Waals surface area contributed by atoms with Gasteiger partial charge in [0.2, 0.25) is 0 Å². The number of rotatable bonds is 6. The highest BCUT2D eigenvalue weighted by Gasteiger charge is 2.38. The summed E-state index contributed by atoms with van der Waals surface area (Å²) in [6.07, 6.45) is -1.54. The van der Waals surface area contributed by atoms with Crippen LogP contribution in [0.4, 0.5) is 22.4 Å². The number of thiophene rings is 1. The maximum absolute atomic E-state index is 14.3. The Morgan fingerprint density at radius 3 is 2.53 bits per heavy atom. The minimum atomic E-state index is -4.50. The number of aromatic nitrogens is 2. The molecule has 6 nitrogen and oxygen atoms in total. The molecule has 0 radical (unpaired) electrons. The van der Waals surface area contributed by atoms with Crippen molar-refractivity contribution in [2.45, 2.75) is 49.9 Å². The van der Waals surface area contributed by atoms with E-state index in [1.165, 1.54) is 19.2 Å². The highest BCUT2D eigenvalue weighted by atomic mass is 32.1. The highest BCUT2D eigenvalue weighted by Crippen LogP contribution is 2.38. The summed E-state index contributed by atoms with van der Waals surface area (Å²) in [5.41, 5.74) is -0.217. The van der Waals surface area contributed by atoms with E-state index in [2.05, 4.69) is 15.3 Å². The quantitative estimate of drug-likeness (QED) is 0.409. The number of likely N-dealkylation sites (N-methyl/N-ethyl adjacent to an activating group) is 1. The van der Waals surface area contributed by atoms with Crippen LogP contribution < -0.4 is 10.1 Å². The summed E-state index contributed by atoms with van der Waals surface area (Å²) >= 11 is 1.05. The van der Waals surface area contributed by atoms with Gasteiger partial charge in [-0.2, -0.15) is 18.3 Å². The number of halogens is 4. The molecule has 1 aliphatic carbocycles. The number of alkyl halides is 3. The Labute approximate surface area is 210 Å². The largest absolute Gasteiger partial charge is 0.433 e. The standard InChI is InChI=1S/C25H28F4N4O2S/c1-32(2)24(15-16-6-4-5-7-18(16)26)12-10-17(11-13-24)30-23(34)35-22-9-8-20(36-22)19-14-21(25(27,28)29)33(3)31-19/h4-9,14,17H,10-13,15H2,1-3H3,(H,30,34). The summed E-state index contributed by atoms with van der Waals surface area (Å²) < 4.78 is 59.6. The number of ether oxygens (including phenoxy) is 1. The van der Waals surface area contributed by atoms with E-state index in [1.54, 1.807) is 12.1 Å². The van der Waals surface area contributed by atoms with E-state index in [0.717, 1.165) is 34.9 Å². The van der Waals surface area contributed by atoms with Gasteiger partial charge in [-0.3, -0.25) is 4.68 Å². The second kappa shape index (κ2) is 10.2. The number of aryl methyl sites for hydroxylation is 1. The fourth-order valence-electron chi connectivity index (χ4n) is 4.73. The lowest BCUT2D eigenvalue weighted by Gasteiger charge is -2.45. The number of nitrogens with zero attached hydrogens (tertiary/aromatic N) is 3. The number of amides is 1. The molecule has 0 aliphatic heterocycles. The number of hydrogen-bond acceptors (Lipinski definition) is 5. The molecule has 0 spiro atoms. The van der Waals surface area contributed by atoms with Gasteiger partial charge in [0, 0.05) is 18.6 Å². The molecular formula is C25H28F4N4O2S. The van der Waals surface area contributed by atoms with Crippen LogP contribution in [0.1, 0.15) is 36.9 Å². The molecule has 11 heteroatoms. The van der Waals surface area contributed by atoms with E-state index in [0.29, 0.717) is 29.7 Å². The first-order valence-electron chi connectivity index (χ1n) is 11.6. The van der Waals surface area contributed by atoms with Crippen LogP contribution in [-0.4, -0.2) is 46.4 Å². The molecule has 1 aliphatic rings. The Morgan fingerprint density at radius 2 is 1.92 bits per heavy atom. The van der Waals surface area contributed by atoms with Crippen LogP contribution in [-0.2, 0) is 19.6 Å². The monoisotopic (exact) mass is 524 g/mol. The summed E-state index contributed by atoms with van der Waals surface area (Å²) in [4.78, 5) is 15.1. The molecule has 1 aromatic carbocycles. The van der Waals surface area contributed by atoms with E-state index < -0.39 is 18.0 Å². The van der Waals surface area contributed by atoms with Gasteiger partial charge >= 0.3 is 12.3 Å². The summed E-state index contributed by atoms with van der Waals surface area (Å²) in [7, 11) is 5.23. The number of carbonyl (C=O) groups is 1. The molecule has 2 aromatic heterocycles. The van der Waals surface area contributed by atoms with Crippen molar-refractivity contribution in [3.63, 3.8) is 0 Å². The third-order valence-corrected chi connectivity index (χ3v) is 7.85. The predicted octanol–water partition coefficient (Wildman–Crippen LogP) is 5.88. The zero-order chi connectivity index (χ0) is 26.1. The third-order valence-electron chi connectivity index (χ3n) is 6.86. The molecule has 2 heterocycles. The Morgan fingerprint density at radius 1 is 1.22 bits per heavy atom. The Bertz CT molecular complexity index is 1210. The first kappa shape index (κ1) is 26.2. The van der Waals surface area contributed by atoms with Crippen molar-refractivity contribution >= 4 is 17.4 Å². The van der Waals surface area contributed by atoms with E-state index in [1.807, 2.05) is 26.2 Å². The summed E-state index contributed by atoms with van der Waals surface area (Å²) in [6, 6.07) is 10.8. The zero-order valence-electron chi connectivity index (χ0n) is 20.2.